The minimum absolute atomic E-state index is 0.0932. The number of benzene rings is 1. The van der Waals surface area contributed by atoms with E-state index in [4.69, 9.17) is 5.73 Å². The molecule has 3 aromatic rings. The van der Waals surface area contributed by atoms with E-state index in [9.17, 15) is 8.78 Å². The number of hydrogen-bond donors (Lipinski definition) is 2. The van der Waals surface area contributed by atoms with E-state index in [1.807, 2.05) is 17.5 Å². The molecule has 0 saturated carbocycles. The highest BCUT2D eigenvalue weighted by Gasteiger charge is 2.14. The average Bonchev–Trinajstić information content (AvgIpc) is 3.03. The topological polar surface area (TPSA) is 67.6 Å². The Morgan fingerprint density at radius 2 is 2.00 bits per heavy atom. The molecule has 0 bridgehead atoms. The lowest BCUT2D eigenvalue weighted by Crippen LogP contribution is -1.95. The Kier molecular flexibility index (Phi) is 2.75. The maximum absolute atomic E-state index is 13.2. The molecule has 0 radical (unpaired) electrons. The minimum Gasteiger partial charge on any atom is -0.398 e. The minimum atomic E-state index is -0.990. The van der Waals surface area contributed by atoms with Crippen LogP contribution in [0.25, 0.3) is 22.1 Å². The summed E-state index contributed by atoms with van der Waals surface area (Å²) in [4.78, 5) is 5.13. The molecule has 2 aromatic heterocycles. The van der Waals surface area contributed by atoms with Gasteiger partial charge in [0.2, 0.25) is 0 Å². The second-order valence-corrected chi connectivity index (χ2v) is 4.79. The Morgan fingerprint density at radius 1 is 1.21 bits per heavy atom. The Hall–Kier alpha value is -2.28. The summed E-state index contributed by atoms with van der Waals surface area (Å²) in [5.74, 6) is -1.17. The van der Waals surface area contributed by atoms with Gasteiger partial charge in [-0.05, 0) is 17.5 Å². The third kappa shape index (κ3) is 2.08. The van der Waals surface area contributed by atoms with Gasteiger partial charge in [-0.2, -0.15) is 5.10 Å². The van der Waals surface area contributed by atoms with Crippen LogP contribution in [0, 0.1) is 11.6 Å². The lowest BCUT2D eigenvalue weighted by atomic mass is 10.1. The van der Waals surface area contributed by atoms with Gasteiger partial charge in [-0.3, -0.25) is 5.10 Å². The smallest absolute Gasteiger partial charge is 0.183 e. The molecule has 7 heteroatoms. The molecule has 2 heterocycles. The van der Waals surface area contributed by atoms with Gasteiger partial charge in [-0.1, -0.05) is 6.07 Å². The van der Waals surface area contributed by atoms with Crippen molar-refractivity contribution in [1.82, 2.24) is 15.2 Å². The number of anilines is 1. The van der Waals surface area contributed by atoms with Crippen molar-refractivity contribution >= 4 is 17.0 Å². The zero-order chi connectivity index (χ0) is 13.4. The molecule has 3 N–H and O–H groups in total. The summed E-state index contributed by atoms with van der Waals surface area (Å²) in [6, 6.07) is 5.68. The monoisotopic (exact) mass is 278 g/mol. The molecule has 96 valence electrons. The molecular weight excluding hydrogens is 270 g/mol. The molecule has 0 atom stereocenters. The van der Waals surface area contributed by atoms with Crippen molar-refractivity contribution in [2.45, 2.75) is 0 Å². The first kappa shape index (κ1) is 11.8. The molecular formula is C12H8F2N4S. The van der Waals surface area contributed by atoms with E-state index < -0.39 is 11.6 Å². The normalized spacial score (nSPS) is 10.8. The number of hydrogen-bond acceptors (Lipinski definition) is 4. The highest BCUT2D eigenvalue weighted by atomic mass is 32.1. The quantitative estimate of drug-likeness (QED) is 0.708. The maximum atomic E-state index is 13.2. The van der Waals surface area contributed by atoms with Crippen LogP contribution in [-0.2, 0) is 0 Å². The summed E-state index contributed by atoms with van der Waals surface area (Å²) in [5.41, 5.74) is 6.01. The molecule has 0 amide bonds. The van der Waals surface area contributed by atoms with Crippen LogP contribution in [-0.4, -0.2) is 15.2 Å². The van der Waals surface area contributed by atoms with Crippen LogP contribution in [0.1, 0.15) is 0 Å². The van der Waals surface area contributed by atoms with Gasteiger partial charge in [0.05, 0.1) is 4.88 Å². The number of nitrogen functional groups attached to an aromatic ring is 1. The Balaban J connectivity index is 2.06. The molecule has 1 aromatic carbocycles. The predicted octanol–water partition coefficient (Wildman–Crippen LogP) is 3.06. The first-order chi connectivity index (χ1) is 9.15. The standard InChI is InChI=1S/C12H8F2N4S/c13-7-4-6(9(15)5-8(7)14)11-16-12(18-17-11)10-2-1-3-19-10/h1-5H,15H2,(H,16,17,18). The Bertz CT molecular complexity index is 721. The SMILES string of the molecule is Nc1cc(F)c(F)cc1-c1n[nH]c(-c2cccs2)n1. The van der Waals surface area contributed by atoms with Crippen LogP contribution in [0.2, 0.25) is 0 Å². The number of aromatic amines is 1. The van der Waals surface area contributed by atoms with Crippen molar-refractivity contribution in [3.8, 4) is 22.1 Å². The highest BCUT2D eigenvalue weighted by Crippen LogP contribution is 2.28. The van der Waals surface area contributed by atoms with E-state index in [0.717, 1.165) is 17.0 Å². The van der Waals surface area contributed by atoms with Gasteiger partial charge in [-0.15, -0.1) is 11.3 Å². The van der Waals surface area contributed by atoms with Gasteiger partial charge in [0.1, 0.15) is 0 Å². The van der Waals surface area contributed by atoms with E-state index in [0.29, 0.717) is 5.82 Å². The lowest BCUT2D eigenvalue weighted by molar-refractivity contribution is 0.509. The summed E-state index contributed by atoms with van der Waals surface area (Å²) < 4.78 is 26.2. The van der Waals surface area contributed by atoms with Crippen molar-refractivity contribution in [2.75, 3.05) is 5.73 Å². The third-order valence-corrected chi connectivity index (χ3v) is 3.45. The number of nitrogens with zero attached hydrogens (tertiary/aromatic N) is 2. The van der Waals surface area contributed by atoms with Gasteiger partial charge in [0, 0.05) is 17.3 Å². The zero-order valence-electron chi connectivity index (χ0n) is 9.52. The number of nitrogens with one attached hydrogen (secondary N) is 1. The molecule has 4 nitrogen and oxygen atoms in total. The van der Waals surface area contributed by atoms with Crippen molar-refractivity contribution in [2.24, 2.45) is 0 Å². The molecule has 0 aliphatic heterocycles. The van der Waals surface area contributed by atoms with Gasteiger partial charge < -0.3 is 5.73 Å². The second-order valence-electron chi connectivity index (χ2n) is 3.84. The number of halogens is 2. The van der Waals surface area contributed by atoms with E-state index in [1.165, 1.54) is 11.3 Å². The molecule has 0 aliphatic rings. The molecule has 0 saturated heterocycles. The van der Waals surface area contributed by atoms with Crippen molar-refractivity contribution in [3.63, 3.8) is 0 Å². The summed E-state index contributed by atoms with van der Waals surface area (Å²) in [6.45, 7) is 0. The lowest BCUT2D eigenvalue weighted by Gasteiger charge is -2.02. The van der Waals surface area contributed by atoms with Crippen LogP contribution in [0.15, 0.2) is 29.6 Å². The fraction of sp³-hybridized carbons (Fsp3) is 0. The van der Waals surface area contributed by atoms with Gasteiger partial charge in [0.15, 0.2) is 23.3 Å². The first-order valence-electron chi connectivity index (χ1n) is 5.36. The van der Waals surface area contributed by atoms with Crippen LogP contribution in [0.5, 0.6) is 0 Å². The average molecular weight is 278 g/mol. The van der Waals surface area contributed by atoms with E-state index in [1.54, 1.807) is 0 Å². The summed E-state index contributed by atoms with van der Waals surface area (Å²) in [5, 5.41) is 8.63. The molecule has 0 spiro atoms. The molecule has 3 rings (SSSR count). The number of rotatable bonds is 2. The molecule has 0 fully saturated rings. The van der Waals surface area contributed by atoms with Crippen LogP contribution in [0.4, 0.5) is 14.5 Å². The number of aromatic nitrogens is 3. The predicted molar refractivity (Wildman–Crippen MR) is 69.5 cm³/mol. The van der Waals surface area contributed by atoms with Crippen LogP contribution in [0.3, 0.4) is 0 Å². The third-order valence-electron chi connectivity index (χ3n) is 2.57. The van der Waals surface area contributed by atoms with Gasteiger partial charge in [-0.25, -0.2) is 13.8 Å². The summed E-state index contributed by atoms with van der Waals surface area (Å²) in [7, 11) is 0. The van der Waals surface area contributed by atoms with Crippen LogP contribution >= 0.6 is 11.3 Å². The summed E-state index contributed by atoms with van der Waals surface area (Å²) in [6.07, 6.45) is 0. The first-order valence-corrected chi connectivity index (χ1v) is 6.24. The van der Waals surface area contributed by atoms with Gasteiger partial charge in [0.25, 0.3) is 0 Å². The summed E-state index contributed by atoms with van der Waals surface area (Å²) >= 11 is 1.50. The molecule has 0 unspecified atom stereocenters. The number of nitrogens with two attached hydrogens (primary N) is 1. The van der Waals surface area contributed by atoms with Crippen molar-refractivity contribution in [1.29, 1.82) is 0 Å². The van der Waals surface area contributed by atoms with E-state index >= 15 is 0 Å². The zero-order valence-corrected chi connectivity index (χ0v) is 10.3. The maximum Gasteiger partial charge on any atom is 0.183 e. The Labute approximate surface area is 110 Å². The van der Waals surface area contributed by atoms with E-state index in [-0.39, 0.29) is 17.1 Å². The largest absolute Gasteiger partial charge is 0.398 e. The van der Waals surface area contributed by atoms with Gasteiger partial charge >= 0.3 is 0 Å². The fourth-order valence-corrected chi connectivity index (χ4v) is 2.33. The van der Waals surface area contributed by atoms with Crippen molar-refractivity contribution < 1.29 is 8.78 Å². The number of thiophene rings is 1. The Morgan fingerprint density at radius 3 is 2.74 bits per heavy atom. The second kappa shape index (κ2) is 4.43. The number of H-pyrrole nitrogens is 1. The van der Waals surface area contributed by atoms with E-state index in [2.05, 4.69) is 15.2 Å². The van der Waals surface area contributed by atoms with Crippen molar-refractivity contribution in [3.05, 3.63) is 41.3 Å². The fourth-order valence-electron chi connectivity index (χ4n) is 1.66. The molecule has 0 aliphatic carbocycles. The highest BCUT2D eigenvalue weighted by molar-refractivity contribution is 7.13. The molecule has 19 heavy (non-hydrogen) atoms. The van der Waals surface area contributed by atoms with Crippen LogP contribution < -0.4 is 5.73 Å².